The predicted octanol–water partition coefficient (Wildman–Crippen LogP) is 2.29. The molecule has 11 nitrogen and oxygen atoms in total. The molecule has 1 aromatic carbocycles. The van der Waals surface area contributed by atoms with Gasteiger partial charge in [0.1, 0.15) is 17.0 Å². The molecule has 2 aliphatic rings. The number of carbonyl (C=O) groups is 1. The average molecular weight is 507 g/mol. The smallest absolute Gasteiger partial charge is 0.246 e. The van der Waals surface area contributed by atoms with Gasteiger partial charge in [0.2, 0.25) is 21.8 Å². The van der Waals surface area contributed by atoms with Gasteiger partial charge in [-0.15, -0.1) is 0 Å². The third kappa shape index (κ3) is 4.63. The van der Waals surface area contributed by atoms with Gasteiger partial charge in [0.05, 0.1) is 32.8 Å². The molecule has 184 valence electrons. The number of ether oxygens (including phenoxy) is 1. The van der Waals surface area contributed by atoms with Crippen molar-refractivity contribution in [1.82, 2.24) is 14.7 Å². The van der Waals surface area contributed by atoms with Crippen LogP contribution in [0, 0.1) is 0 Å². The Kier molecular flexibility index (Phi) is 6.12. The number of pyridine rings is 1. The van der Waals surface area contributed by atoms with Crippen LogP contribution in [0.1, 0.15) is 17.9 Å². The Morgan fingerprint density at radius 3 is 2.81 bits per heavy atom. The van der Waals surface area contributed by atoms with E-state index in [1.54, 1.807) is 12.3 Å². The molecule has 0 fully saturated rings. The number of carbonyl (C=O) groups excluding carboxylic acids is 1. The van der Waals surface area contributed by atoms with E-state index in [4.69, 9.17) is 14.9 Å². The summed E-state index contributed by atoms with van der Waals surface area (Å²) in [7, 11) is -2.62. The van der Waals surface area contributed by atoms with Crippen molar-refractivity contribution in [2.75, 3.05) is 12.4 Å². The van der Waals surface area contributed by atoms with Gasteiger partial charge in [-0.3, -0.25) is 9.79 Å². The van der Waals surface area contributed by atoms with E-state index in [-0.39, 0.29) is 35.4 Å². The molecule has 36 heavy (non-hydrogen) atoms. The fourth-order valence-electron chi connectivity index (χ4n) is 3.88. The molecule has 0 saturated heterocycles. The first-order valence-corrected chi connectivity index (χ1v) is 12.4. The highest BCUT2D eigenvalue weighted by Gasteiger charge is 2.23. The quantitative estimate of drug-likeness (QED) is 0.436. The van der Waals surface area contributed by atoms with Crippen molar-refractivity contribution in [3.63, 3.8) is 0 Å². The van der Waals surface area contributed by atoms with E-state index in [1.165, 1.54) is 31.7 Å². The maximum absolute atomic E-state index is 13.0. The van der Waals surface area contributed by atoms with Crippen LogP contribution in [0.3, 0.4) is 0 Å². The lowest BCUT2D eigenvalue weighted by Crippen LogP contribution is -2.24. The van der Waals surface area contributed by atoms with Crippen LogP contribution in [0.4, 0.5) is 5.69 Å². The van der Waals surface area contributed by atoms with Gasteiger partial charge in [-0.25, -0.2) is 23.1 Å². The lowest BCUT2D eigenvalue weighted by Gasteiger charge is -2.22. The molecule has 0 atom stereocenters. The number of allylic oxidation sites excluding steroid dienone is 2. The highest BCUT2D eigenvalue weighted by Crippen LogP contribution is 2.32. The Morgan fingerprint density at radius 1 is 1.19 bits per heavy atom. The molecular formula is C24H22N6O5S. The molecule has 0 bridgehead atoms. The van der Waals surface area contributed by atoms with Gasteiger partial charge in [0, 0.05) is 28.7 Å². The number of amidine groups is 1. The fraction of sp³-hybridized carbons (Fsp3) is 0.167. The van der Waals surface area contributed by atoms with E-state index < -0.39 is 10.0 Å². The van der Waals surface area contributed by atoms with Crippen LogP contribution in [0.2, 0.25) is 0 Å². The van der Waals surface area contributed by atoms with Crippen molar-refractivity contribution in [2.45, 2.75) is 24.4 Å². The number of aromatic nitrogens is 2. The summed E-state index contributed by atoms with van der Waals surface area (Å²) >= 11 is 0. The van der Waals surface area contributed by atoms with Crippen LogP contribution in [-0.2, 0) is 27.9 Å². The summed E-state index contributed by atoms with van der Waals surface area (Å²) in [5.74, 6) is 0.766. The molecule has 0 unspecified atom stereocenters. The number of sulfonamides is 1. The first-order valence-electron chi connectivity index (χ1n) is 10.9. The number of nitrogens with one attached hydrogen (secondary N) is 2. The minimum atomic E-state index is -3.97. The SMILES string of the molecule is COc1ncc(-c2ccc3c(c2)CN=C(C2=C(N)CC(=O)C=C2)N3)cc1S(=O)(=O)NCc1ncco1. The zero-order valence-corrected chi connectivity index (χ0v) is 20.0. The number of anilines is 1. The summed E-state index contributed by atoms with van der Waals surface area (Å²) in [6.07, 6.45) is 7.69. The number of nitrogens with two attached hydrogens (primary N) is 1. The first-order chi connectivity index (χ1) is 17.3. The highest BCUT2D eigenvalue weighted by atomic mass is 32.2. The topological polar surface area (TPSA) is 162 Å². The molecular weight excluding hydrogens is 484 g/mol. The molecule has 5 rings (SSSR count). The number of methoxy groups -OCH3 is 1. The minimum absolute atomic E-state index is 0.0302. The zero-order valence-electron chi connectivity index (χ0n) is 19.2. The van der Waals surface area contributed by atoms with Crippen molar-refractivity contribution < 1.29 is 22.4 Å². The molecule has 3 heterocycles. The maximum atomic E-state index is 13.0. The number of aliphatic imine (C=N–C) groups is 1. The Bertz CT molecular complexity index is 1540. The molecule has 4 N–H and O–H groups in total. The van der Waals surface area contributed by atoms with Gasteiger partial charge in [-0.1, -0.05) is 6.07 Å². The van der Waals surface area contributed by atoms with Crippen LogP contribution in [0.15, 0.2) is 80.6 Å². The Labute approximate surface area is 206 Å². The minimum Gasteiger partial charge on any atom is -0.480 e. The van der Waals surface area contributed by atoms with E-state index >= 15 is 0 Å². The van der Waals surface area contributed by atoms with Crippen LogP contribution in [0.5, 0.6) is 5.88 Å². The normalized spacial score (nSPS) is 15.4. The third-order valence-electron chi connectivity index (χ3n) is 5.70. The Hall–Kier alpha value is -4.29. The molecule has 2 aromatic heterocycles. The number of ketones is 1. The average Bonchev–Trinajstić information content (AvgIpc) is 3.40. The van der Waals surface area contributed by atoms with E-state index in [1.807, 2.05) is 18.2 Å². The molecule has 1 aliphatic carbocycles. The number of rotatable bonds is 7. The summed E-state index contributed by atoms with van der Waals surface area (Å²) in [6.45, 7) is 0.272. The van der Waals surface area contributed by atoms with Gasteiger partial charge >= 0.3 is 0 Å². The summed E-state index contributed by atoms with van der Waals surface area (Å²) in [4.78, 5) is 24.2. The molecule has 0 radical (unpaired) electrons. The van der Waals surface area contributed by atoms with Gasteiger partial charge < -0.3 is 20.2 Å². The van der Waals surface area contributed by atoms with Crippen molar-refractivity contribution in [3.8, 4) is 17.0 Å². The van der Waals surface area contributed by atoms with Crippen LogP contribution >= 0.6 is 0 Å². The molecule has 0 amide bonds. The number of oxazole rings is 1. The van der Waals surface area contributed by atoms with Gasteiger partial charge in [0.15, 0.2) is 5.78 Å². The summed E-state index contributed by atoms with van der Waals surface area (Å²) in [6, 6.07) is 7.16. The summed E-state index contributed by atoms with van der Waals surface area (Å²) in [5, 5.41) is 3.27. The van der Waals surface area contributed by atoms with Crippen LogP contribution < -0.4 is 20.5 Å². The highest BCUT2D eigenvalue weighted by molar-refractivity contribution is 7.89. The second kappa shape index (κ2) is 9.40. The summed E-state index contributed by atoms with van der Waals surface area (Å²) < 4.78 is 38.7. The molecule has 0 spiro atoms. The number of benzene rings is 1. The lowest BCUT2D eigenvalue weighted by atomic mass is 9.99. The first kappa shape index (κ1) is 23.5. The largest absolute Gasteiger partial charge is 0.480 e. The molecule has 3 aromatic rings. The van der Waals surface area contributed by atoms with E-state index in [0.29, 0.717) is 29.2 Å². The molecule has 0 saturated carbocycles. The number of fused-ring (bicyclic) bond motifs is 1. The predicted molar refractivity (Wildman–Crippen MR) is 131 cm³/mol. The molecule has 1 aliphatic heterocycles. The second-order valence-electron chi connectivity index (χ2n) is 8.06. The van der Waals surface area contributed by atoms with Crippen LogP contribution in [-0.4, -0.2) is 37.1 Å². The van der Waals surface area contributed by atoms with Gasteiger partial charge in [-0.2, -0.15) is 0 Å². The van der Waals surface area contributed by atoms with E-state index in [9.17, 15) is 13.2 Å². The standard InChI is InChI=1S/C24H22N6O5S/c1-34-24-21(36(32,33)29-13-22-26-6-7-35-22)9-15(11-28-24)14-2-5-20-16(8-14)12-27-23(30-20)18-4-3-17(31)10-19(18)25/h2-9,11,29H,10,12-13,25H2,1H3,(H,27,30). The Morgan fingerprint density at radius 2 is 2.06 bits per heavy atom. The van der Waals surface area contributed by atoms with E-state index in [0.717, 1.165) is 16.8 Å². The zero-order chi connectivity index (χ0) is 25.3. The second-order valence-corrected chi connectivity index (χ2v) is 9.79. The number of nitrogens with zero attached hydrogens (tertiary/aromatic N) is 3. The molecule has 12 heteroatoms. The lowest BCUT2D eigenvalue weighted by molar-refractivity contribution is -0.114. The van der Waals surface area contributed by atoms with Crippen LogP contribution in [0.25, 0.3) is 11.1 Å². The van der Waals surface area contributed by atoms with Crippen molar-refractivity contribution in [1.29, 1.82) is 0 Å². The third-order valence-corrected chi connectivity index (χ3v) is 7.09. The summed E-state index contributed by atoms with van der Waals surface area (Å²) in [5.41, 5.74) is 10.3. The fourth-order valence-corrected chi connectivity index (χ4v) is 4.99. The van der Waals surface area contributed by atoms with E-state index in [2.05, 4.69) is 25.0 Å². The maximum Gasteiger partial charge on any atom is 0.246 e. The monoisotopic (exact) mass is 506 g/mol. The van der Waals surface area contributed by atoms with Crippen molar-refractivity contribution in [2.24, 2.45) is 10.7 Å². The Balaban J connectivity index is 1.41. The van der Waals surface area contributed by atoms with Crippen molar-refractivity contribution in [3.05, 3.63) is 77.8 Å². The van der Waals surface area contributed by atoms with Crippen molar-refractivity contribution >= 4 is 27.3 Å². The number of hydrogen-bond acceptors (Lipinski definition) is 10. The van der Waals surface area contributed by atoms with Gasteiger partial charge in [0.25, 0.3) is 0 Å². The van der Waals surface area contributed by atoms with Gasteiger partial charge in [-0.05, 0) is 41.5 Å². The number of hydrogen-bond donors (Lipinski definition) is 3.